The topological polar surface area (TPSA) is 66.8 Å². The molecular formula is C28H35F2NO4S. The number of rotatable bonds is 13. The number of aliphatic hydroxyl groups excluding tert-OH is 1. The Hall–Kier alpha value is -2.58. The summed E-state index contributed by atoms with van der Waals surface area (Å²) in [6, 6.07) is 13.0. The highest BCUT2D eigenvalue weighted by atomic mass is 32.1. The maximum Gasteiger partial charge on any atom is 0.348 e. The quantitative estimate of drug-likeness (QED) is 0.210. The normalized spacial score (nSPS) is 19.1. The highest BCUT2D eigenvalue weighted by Crippen LogP contribution is 2.34. The van der Waals surface area contributed by atoms with Crippen molar-refractivity contribution >= 4 is 23.2 Å². The van der Waals surface area contributed by atoms with Crippen LogP contribution in [0.4, 0.5) is 8.78 Å². The Bertz CT molecular complexity index is 1020. The summed E-state index contributed by atoms with van der Waals surface area (Å²) < 4.78 is 33.1. The van der Waals surface area contributed by atoms with Crippen LogP contribution in [0, 0.1) is 5.92 Å². The number of amides is 1. The number of ether oxygens (including phenoxy) is 1. The van der Waals surface area contributed by atoms with Gasteiger partial charge in [-0.05, 0) is 55.7 Å². The number of hydrogen-bond donors (Lipinski definition) is 1. The van der Waals surface area contributed by atoms with E-state index in [0.29, 0.717) is 17.7 Å². The van der Waals surface area contributed by atoms with Crippen LogP contribution in [0.25, 0.3) is 0 Å². The number of nitrogens with zero attached hydrogens (tertiary/aromatic N) is 1. The van der Waals surface area contributed by atoms with E-state index in [4.69, 9.17) is 4.74 Å². The van der Waals surface area contributed by atoms with Crippen LogP contribution >= 0.6 is 11.3 Å². The molecular weight excluding hydrogens is 484 g/mol. The van der Waals surface area contributed by atoms with Gasteiger partial charge in [-0.15, -0.1) is 11.3 Å². The molecule has 3 atom stereocenters. The molecule has 1 aliphatic heterocycles. The number of alkyl halides is 2. The second-order valence-electron chi connectivity index (χ2n) is 9.42. The van der Waals surface area contributed by atoms with E-state index in [1.54, 1.807) is 18.2 Å². The molecule has 0 radical (unpaired) electrons. The van der Waals surface area contributed by atoms with Gasteiger partial charge in [0.2, 0.25) is 0 Å². The van der Waals surface area contributed by atoms with Crippen LogP contribution in [0.15, 0.2) is 54.6 Å². The molecule has 0 spiro atoms. The number of benzene rings is 1. The minimum atomic E-state index is -3.40. The van der Waals surface area contributed by atoms with Crippen LogP contribution < -0.4 is 0 Å². The molecule has 0 bridgehead atoms. The number of unbranched alkanes of at least 4 members (excludes halogenated alkanes) is 1. The van der Waals surface area contributed by atoms with Crippen LogP contribution in [0.2, 0.25) is 0 Å². The summed E-state index contributed by atoms with van der Waals surface area (Å²) in [5.74, 6) is -4.98. The smallest absolute Gasteiger partial charge is 0.348 e. The third kappa shape index (κ3) is 7.71. The summed E-state index contributed by atoms with van der Waals surface area (Å²) >= 11 is 1.30. The number of carbonyl (C=O) groups excluding carboxylic acids is 2. The molecule has 196 valence electrons. The van der Waals surface area contributed by atoms with Crippen molar-refractivity contribution in [1.29, 1.82) is 0 Å². The number of methoxy groups -OCH3 is 1. The van der Waals surface area contributed by atoms with Gasteiger partial charge >= 0.3 is 11.9 Å². The predicted molar refractivity (Wildman–Crippen MR) is 137 cm³/mol. The van der Waals surface area contributed by atoms with Gasteiger partial charge < -0.3 is 14.7 Å². The van der Waals surface area contributed by atoms with E-state index < -0.39 is 36.4 Å². The van der Waals surface area contributed by atoms with Gasteiger partial charge in [-0.25, -0.2) is 4.79 Å². The first kappa shape index (κ1) is 28.0. The number of aliphatic hydroxyl groups is 1. The first-order valence-corrected chi connectivity index (χ1v) is 13.3. The van der Waals surface area contributed by atoms with Crippen molar-refractivity contribution in [3.8, 4) is 0 Å². The number of thiophene rings is 1. The SMILES string of the molecule is COC(=O)c1ccc(CCCN2C(=O)C(F)(F)C[C@@H]2C=C[C@H](O)[C@@H](C)CCCCc2ccccc2)s1. The average molecular weight is 520 g/mol. The Morgan fingerprint density at radius 3 is 2.67 bits per heavy atom. The van der Waals surface area contributed by atoms with Gasteiger partial charge in [0.05, 0.1) is 19.3 Å². The first-order chi connectivity index (χ1) is 17.2. The van der Waals surface area contributed by atoms with E-state index in [-0.39, 0.29) is 12.5 Å². The number of esters is 1. The van der Waals surface area contributed by atoms with Gasteiger partial charge in [-0.2, -0.15) is 8.78 Å². The minimum absolute atomic E-state index is 0.00840. The van der Waals surface area contributed by atoms with Crippen LogP contribution in [-0.2, 0) is 22.4 Å². The molecule has 2 aromatic rings. The second kappa shape index (κ2) is 13.1. The lowest BCUT2D eigenvalue weighted by Gasteiger charge is -2.22. The number of halogens is 2. The monoisotopic (exact) mass is 519 g/mol. The zero-order valence-corrected chi connectivity index (χ0v) is 21.7. The highest BCUT2D eigenvalue weighted by Gasteiger charge is 2.52. The third-order valence-corrected chi connectivity index (χ3v) is 7.77. The number of aryl methyl sites for hydroxylation is 2. The molecule has 0 saturated carbocycles. The molecule has 1 aromatic heterocycles. The molecule has 2 heterocycles. The van der Waals surface area contributed by atoms with Crippen LogP contribution in [-0.4, -0.2) is 53.6 Å². The third-order valence-electron chi connectivity index (χ3n) is 6.64. The lowest BCUT2D eigenvalue weighted by atomic mass is 9.95. The molecule has 8 heteroatoms. The zero-order valence-electron chi connectivity index (χ0n) is 20.9. The maximum atomic E-state index is 14.2. The van der Waals surface area contributed by atoms with Crippen molar-refractivity contribution in [2.45, 2.75) is 69.9 Å². The minimum Gasteiger partial charge on any atom is -0.465 e. The van der Waals surface area contributed by atoms with Crippen molar-refractivity contribution in [3.63, 3.8) is 0 Å². The Morgan fingerprint density at radius 2 is 1.94 bits per heavy atom. The first-order valence-electron chi connectivity index (χ1n) is 12.5. The highest BCUT2D eigenvalue weighted by molar-refractivity contribution is 7.13. The Labute approximate surface area is 215 Å². The van der Waals surface area contributed by atoms with Gasteiger partial charge in [-0.3, -0.25) is 4.79 Å². The van der Waals surface area contributed by atoms with Gasteiger partial charge in [-0.1, -0.05) is 55.8 Å². The molecule has 1 amide bonds. The van der Waals surface area contributed by atoms with E-state index in [1.165, 1.54) is 28.9 Å². The van der Waals surface area contributed by atoms with Gasteiger partial charge in [0.1, 0.15) is 4.88 Å². The van der Waals surface area contributed by atoms with Crippen LogP contribution in [0.1, 0.15) is 59.1 Å². The van der Waals surface area contributed by atoms with Crippen LogP contribution in [0.3, 0.4) is 0 Å². The van der Waals surface area contributed by atoms with Crippen molar-refractivity contribution in [2.24, 2.45) is 5.92 Å². The molecule has 5 nitrogen and oxygen atoms in total. The molecule has 1 fully saturated rings. The molecule has 3 rings (SSSR count). The van der Waals surface area contributed by atoms with Gasteiger partial charge in [0, 0.05) is 17.8 Å². The fraction of sp³-hybridized carbons (Fsp3) is 0.500. The van der Waals surface area contributed by atoms with E-state index in [0.717, 1.165) is 30.6 Å². The maximum absolute atomic E-state index is 14.2. The Kier molecular flexibility index (Phi) is 10.2. The lowest BCUT2D eigenvalue weighted by Crippen LogP contribution is -2.36. The summed E-state index contributed by atoms with van der Waals surface area (Å²) in [6.07, 6.45) is 6.66. The van der Waals surface area contributed by atoms with E-state index in [1.807, 2.05) is 31.2 Å². The van der Waals surface area contributed by atoms with E-state index in [9.17, 15) is 23.5 Å². The molecule has 0 aliphatic carbocycles. The molecule has 1 saturated heterocycles. The molecule has 1 aliphatic rings. The molecule has 1 aromatic carbocycles. The zero-order chi connectivity index (χ0) is 26.1. The second-order valence-corrected chi connectivity index (χ2v) is 10.6. The lowest BCUT2D eigenvalue weighted by molar-refractivity contribution is -0.148. The number of likely N-dealkylation sites (tertiary alicyclic amines) is 1. The fourth-order valence-electron chi connectivity index (χ4n) is 4.45. The summed E-state index contributed by atoms with van der Waals surface area (Å²) in [6.45, 7) is 2.13. The molecule has 36 heavy (non-hydrogen) atoms. The summed E-state index contributed by atoms with van der Waals surface area (Å²) in [7, 11) is 1.32. The van der Waals surface area contributed by atoms with Crippen molar-refractivity contribution in [2.75, 3.05) is 13.7 Å². The predicted octanol–water partition coefficient (Wildman–Crippen LogP) is 5.67. The van der Waals surface area contributed by atoms with E-state index >= 15 is 0 Å². The fourth-order valence-corrected chi connectivity index (χ4v) is 5.42. The van der Waals surface area contributed by atoms with Crippen molar-refractivity contribution in [1.82, 2.24) is 4.90 Å². The van der Waals surface area contributed by atoms with Gasteiger partial charge in [0.15, 0.2) is 0 Å². The number of carbonyl (C=O) groups is 2. The molecule has 1 N–H and O–H groups in total. The van der Waals surface area contributed by atoms with Crippen molar-refractivity contribution in [3.05, 3.63) is 69.9 Å². The molecule has 0 unspecified atom stereocenters. The largest absolute Gasteiger partial charge is 0.465 e. The van der Waals surface area contributed by atoms with Crippen molar-refractivity contribution < 1.29 is 28.2 Å². The standard InChI is InChI=1S/C28H35F2NO4S/c1-20(9-6-7-12-21-10-4-3-5-11-21)24(32)16-14-22-19-28(29,30)27(34)31(22)18-8-13-23-15-17-25(36-23)26(33)35-2/h3-5,10-11,14-17,20,22,24,32H,6-9,12-13,18-19H2,1-2H3/t20-,22-,24-/m0/s1. The van der Waals surface area contributed by atoms with Gasteiger partial charge in [0.25, 0.3) is 5.91 Å². The Morgan fingerprint density at radius 1 is 1.19 bits per heavy atom. The average Bonchev–Trinajstić information content (AvgIpc) is 3.43. The summed E-state index contributed by atoms with van der Waals surface area (Å²) in [5.41, 5.74) is 1.29. The summed E-state index contributed by atoms with van der Waals surface area (Å²) in [5, 5.41) is 10.6. The Balaban J connectivity index is 1.48. The number of hydrogen-bond acceptors (Lipinski definition) is 5. The van der Waals surface area contributed by atoms with Crippen LogP contribution in [0.5, 0.6) is 0 Å². The summed E-state index contributed by atoms with van der Waals surface area (Å²) in [4.78, 5) is 26.5. The van der Waals surface area contributed by atoms with E-state index in [2.05, 4.69) is 12.1 Å².